The molecular formula is C22H26N2O2. The van der Waals surface area contributed by atoms with Gasteiger partial charge in [0.2, 0.25) is 11.8 Å². The van der Waals surface area contributed by atoms with Crippen LogP contribution in [0.4, 0.5) is 5.69 Å². The molecule has 1 aliphatic carbocycles. The zero-order chi connectivity index (χ0) is 18.7. The van der Waals surface area contributed by atoms with Gasteiger partial charge in [-0.25, -0.2) is 0 Å². The number of hydrogen-bond acceptors (Lipinski definition) is 2. The molecular weight excluding hydrogens is 324 g/mol. The lowest BCUT2D eigenvalue weighted by Gasteiger charge is -2.24. The number of rotatable bonds is 6. The van der Waals surface area contributed by atoms with E-state index in [1.54, 1.807) is 11.9 Å². The van der Waals surface area contributed by atoms with E-state index in [0.29, 0.717) is 25.3 Å². The summed E-state index contributed by atoms with van der Waals surface area (Å²) in [6, 6.07) is 17.6. The van der Waals surface area contributed by atoms with E-state index in [2.05, 4.69) is 19.2 Å². The summed E-state index contributed by atoms with van der Waals surface area (Å²) in [7, 11) is 1.77. The van der Waals surface area contributed by atoms with Gasteiger partial charge in [0.15, 0.2) is 0 Å². The first-order valence-corrected chi connectivity index (χ1v) is 9.14. The van der Waals surface area contributed by atoms with E-state index in [1.807, 2.05) is 54.6 Å². The number of nitrogens with zero attached hydrogens (tertiary/aromatic N) is 1. The van der Waals surface area contributed by atoms with E-state index in [0.717, 1.165) is 16.8 Å². The van der Waals surface area contributed by atoms with Gasteiger partial charge in [0, 0.05) is 19.3 Å². The lowest BCUT2D eigenvalue weighted by molar-refractivity contribution is -0.141. The summed E-state index contributed by atoms with van der Waals surface area (Å²) in [6.07, 6.45) is 1.22. The molecule has 1 saturated carbocycles. The first kappa shape index (κ1) is 18.2. The standard InChI is InChI=1S/C22H26N2O2/c1-16(2)18-11-7-8-12-19(18)23-20(25)22(13-14-22)21(26)24(3)15-17-9-5-4-6-10-17/h4-12,16H,13-15H2,1-3H3,(H,23,25). The highest BCUT2D eigenvalue weighted by atomic mass is 16.2. The highest BCUT2D eigenvalue weighted by Gasteiger charge is 2.57. The van der Waals surface area contributed by atoms with Crippen LogP contribution >= 0.6 is 0 Å². The van der Waals surface area contributed by atoms with Gasteiger partial charge in [-0.15, -0.1) is 0 Å². The molecule has 0 radical (unpaired) electrons. The highest BCUT2D eigenvalue weighted by Crippen LogP contribution is 2.48. The summed E-state index contributed by atoms with van der Waals surface area (Å²) in [4.78, 5) is 27.5. The second kappa shape index (κ2) is 7.32. The summed E-state index contributed by atoms with van der Waals surface area (Å²) in [5.41, 5.74) is 2.04. The Morgan fingerprint density at radius 2 is 1.65 bits per heavy atom. The van der Waals surface area contributed by atoms with Crippen molar-refractivity contribution in [2.24, 2.45) is 5.41 Å². The van der Waals surface area contributed by atoms with Gasteiger partial charge >= 0.3 is 0 Å². The predicted octanol–water partition coefficient (Wildman–Crippen LogP) is 4.19. The van der Waals surface area contributed by atoms with Gasteiger partial charge in [0.1, 0.15) is 5.41 Å². The topological polar surface area (TPSA) is 49.4 Å². The van der Waals surface area contributed by atoms with Crippen molar-refractivity contribution in [1.82, 2.24) is 4.90 Å². The van der Waals surface area contributed by atoms with Crippen LogP contribution in [0.3, 0.4) is 0 Å². The van der Waals surface area contributed by atoms with Crippen LogP contribution in [0.25, 0.3) is 0 Å². The molecule has 1 aliphatic rings. The van der Waals surface area contributed by atoms with Gasteiger partial charge in [-0.1, -0.05) is 62.4 Å². The Balaban J connectivity index is 1.72. The molecule has 0 aromatic heterocycles. The van der Waals surface area contributed by atoms with E-state index < -0.39 is 5.41 Å². The molecule has 2 amide bonds. The molecule has 2 aromatic rings. The quantitative estimate of drug-likeness (QED) is 0.794. The maximum absolute atomic E-state index is 12.9. The Hall–Kier alpha value is -2.62. The average Bonchev–Trinajstić information content (AvgIpc) is 3.44. The molecule has 0 saturated heterocycles. The summed E-state index contributed by atoms with van der Waals surface area (Å²) < 4.78 is 0. The SMILES string of the molecule is CC(C)c1ccccc1NC(=O)C1(C(=O)N(C)Cc2ccccc2)CC1. The molecule has 0 spiro atoms. The third-order valence-electron chi connectivity index (χ3n) is 5.03. The number of benzene rings is 2. The van der Waals surface area contributed by atoms with Crippen molar-refractivity contribution < 1.29 is 9.59 Å². The Bertz CT molecular complexity index is 795. The normalized spacial score (nSPS) is 14.8. The third kappa shape index (κ3) is 3.64. The molecule has 1 fully saturated rings. The fourth-order valence-electron chi connectivity index (χ4n) is 3.31. The van der Waals surface area contributed by atoms with Crippen molar-refractivity contribution in [1.29, 1.82) is 0 Å². The highest BCUT2D eigenvalue weighted by molar-refractivity contribution is 6.13. The summed E-state index contributed by atoms with van der Waals surface area (Å²) in [5.74, 6) is 0.0227. The lowest BCUT2D eigenvalue weighted by atomic mass is 9.99. The maximum atomic E-state index is 12.9. The second-order valence-electron chi connectivity index (χ2n) is 7.42. The fourth-order valence-corrected chi connectivity index (χ4v) is 3.31. The number of anilines is 1. The molecule has 3 rings (SSSR count). The van der Waals surface area contributed by atoms with Crippen LogP contribution in [0.15, 0.2) is 54.6 Å². The van der Waals surface area contributed by atoms with E-state index in [4.69, 9.17) is 0 Å². The molecule has 4 nitrogen and oxygen atoms in total. The molecule has 0 heterocycles. The van der Waals surface area contributed by atoms with Gasteiger partial charge in [-0.05, 0) is 36.0 Å². The Morgan fingerprint density at radius 3 is 2.27 bits per heavy atom. The van der Waals surface area contributed by atoms with E-state index in [-0.39, 0.29) is 11.8 Å². The van der Waals surface area contributed by atoms with Gasteiger partial charge in [0.05, 0.1) is 0 Å². The third-order valence-corrected chi connectivity index (χ3v) is 5.03. The molecule has 0 aliphatic heterocycles. The minimum atomic E-state index is -0.909. The smallest absolute Gasteiger partial charge is 0.240 e. The minimum absolute atomic E-state index is 0.0964. The Labute approximate surface area is 155 Å². The molecule has 26 heavy (non-hydrogen) atoms. The van der Waals surface area contributed by atoms with Crippen LogP contribution in [0.2, 0.25) is 0 Å². The van der Waals surface area contributed by atoms with Crippen molar-refractivity contribution in [3.63, 3.8) is 0 Å². The molecule has 0 unspecified atom stereocenters. The van der Waals surface area contributed by atoms with E-state index in [1.165, 1.54) is 0 Å². The minimum Gasteiger partial charge on any atom is -0.340 e. The van der Waals surface area contributed by atoms with Crippen LogP contribution < -0.4 is 5.32 Å². The first-order valence-electron chi connectivity index (χ1n) is 9.14. The largest absolute Gasteiger partial charge is 0.340 e. The van der Waals surface area contributed by atoms with Crippen molar-refractivity contribution in [3.8, 4) is 0 Å². The van der Waals surface area contributed by atoms with Crippen molar-refractivity contribution in [2.45, 2.75) is 39.2 Å². The number of carbonyl (C=O) groups excluding carboxylic acids is 2. The van der Waals surface area contributed by atoms with Crippen LogP contribution in [0.1, 0.15) is 43.7 Å². The fraction of sp³-hybridized carbons (Fsp3) is 0.364. The second-order valence-corrected chi connectivity index (χ2v) is 7.42. The van der Waals surface area contributed by atoms with Crippen molar-refractivity contribution in [3.05, 3.63) is 65.7 Å². The number of hydrogen-bond donors (Lipinski definition) is 1. The first-order chi connectivity index (χ1) is 12.4. The van der Waals surface area contributed by atoms with Gasteiger partial charge in [-0.3, -0.25) is 9.59 Å². The zero-order valence-corrected chi connectivity index (χ0v) is 15.7. The molecule has 0 bridgehead atoms. The van der Waals surface area contributed by atoms with Crippen molar-refractivity contribution in [2.75, 3.05) is 12.4 Å². The van der Waals surface area contributed by atoms with Gasteiger partial charge < -0.3 is 10.2 Å². The molecule has 2 aromatic carbocycles. The number of carbonyl (C=O) groups is 2. The summed E-state index contributed by atoms with van der Waals surface area (Å²) >= 11 is 0. The Morgan fingerprint density at radius 1 is 1.04 bits per heavy atom. The predicted molar refractivity (Wildman–Crippen MR) is 104 cm³/mol. The van der Waals surface area contributed by atoms with Crippen molar-refractivity contribution >= 4 is 17.5 Å². The van der Waals surface area contributed by atoms with Gasteiger partial charge in [-0.2, -0.15) is 0 Å². The number of para-hydroxylation sites is 1. The Kier molecular flexibility index (Phi) is 5.12. The summed E-state index contributed by atoms with van der Waals surface area (Å²) in [6.45, 7) is 4.70. The molecule has 1 N–H and O–H groups in total. The lowest BCUT2D eigenvalue weighted by Crippen LogP contribution is -2.40. The average molecular weight is 350 g/mol. The molecule has 4 heteroatoms. The monoisotopic (exact) mass is 350 g/mol. The summed E-state index contributed by atoms with van der Waals surface area (Å²) in [5, 5.41) is 3.01. The van der Waals surface area contributed by atoms with Crippen LogP contribution in [0, 0.1) is 5.41 Å². The van der Waals surface area contributed by atoms with Gasteiger partial charge in [0.25, 0.3) is 0 Å². The van der Waals surface area contributed by atoms with Crippen LogP contribution in [-0.2, 0) is 16.1 Å². The maximum Gasteiger partial charge on any atom is 0.240 e. The van der Waals surface area contributed by atoms with E-state index >= 15 is 0 Å². The van der Waals surface area contributed by atoms with E-state index in [9.17, 15) is 9.59 Å². The van der Waals surface area contributed by atoms with Crippen LogP contribution in [0.5, 0.6) is 0 Å². The zero-order valence-electron chi connectivity index (χ0n) is 15.7. The number of amides is 2. The molecule has 136 valence electrons. The molecule has 0 atom stereocenters. The van der Waals surface area contributed by atoms with Crippen LogP contribution in [-0.4, -0.2) is 23.8 Å². The number of nitrogens with one attached hydrogen (secondary N) is 1.